The van der Waals surface area contributed by atoms with E-state index in [1.54, 1.807) is 13.2 Å². The van der Waals surface area contributed by atoms with Crippen LogP contribution in [0.15, 0.2) is 47.0 Å². The SMILES string of the molecule is COc1ccc(-c2noc(CN3CCCc4cccc(F)c43)n2)cc1. The van der Waals surface area contributed by atoms with E-state index in [9.17, 15) is 4.39 Å². The number of ether oxygens (including phenoxy) is 1. The average Bonchev–Trinajstić information content (AvgIpc) is 3.11. The van der Waals surface area contributed by atoms with Crippen LogP contribution in [0.1, 0.15) is 17.9 Å². The van der Waals surface area contributed by atoms with E-state index in [1.165, 1.54) is 6.07 Å². The first-order valence-electron chi connectivity index (χ1n) is 8.24. The Balaban J connectivity index is 1.56. The number of para-hydroxylation sites is 1. The number of hydrogen-bond acceptors (Lipinski definition) is 5. The van der Waals surface area contributed by atoms with E-state index >= 15 is 0 Å². The van der Waals surface area contributed by atoms with Gasteiger partial charge in [-0.3, -0.25) is 0 Å². The molecular weight excluding hydrogens is 321 g/mol. The molecule has 2 heterocycles. The van der Waals surface area contributed by atoms with Crippen LogP contribution in [0, 0.1) is 5.82 Å². The molecule has 5 nitrogen and oxygen atoms in total. The first kappa shape index (κ1) is 15.6. The van der Waals surface area contributed by atoms with Gasteiger partial charge in [0.2, 0.25) is 11.7 Å². The summed E-state index contributed by atoms with van der Waals surface area (Å²) in [5.74, 6) is 1.56. The molecule has 0 saturated carbocycles. The molecule has 3 aromatic rings. The van der Waals surface area contributed by atoms with Crippen molar-refractivity contribution in [3.8, 4) is 17.1 Å². The van der Waals surface area contributed by atoms with Crippen molar-refractivity contribution in [1.29, 1.82) is 0 Å². The fourth-order valence-electron chi connectivity index (χ4n) is 3.19. The molecule has 0 N–H and O–H groups in total. The van der Waals surface area contributed by atoms with Crippen molar-refractivity contribution in [3.05, 3.63) is 59.7 Å². The molecule has 0 spiro atoms. The second kappa shape index (κ2) is 6.55. The molecule has 0 saturated heterocycles. The van der Waals surface area contributed by atoms with E-state index in [2.05, 4.69) is 10.1 Å². The van der Waals surface area contributed by atoms with Gasteiger partial charge in [0, 0.05) is 12.1 Å². The topological polar surface area (TPSA) is 51.4 Å². The predicted molar refractivity (Wildman–Crippen MR) is 92.1 cm³/mol. The van der Waals surface area contributed by atoms with Crippen molar-refractivity contribution in [2.24, 2.45) is 0 Å². The lowest BCUT2D eigenvalue weighted by Gasteiger charge is -2.30. The second-order valence-corrected chi connectivity index (χ2v) is 6.01. The van der Waals surface area contributed by atoms with Gasteiger partial charge in [-0.05, 0) is 48.7 Å². The van der Waals surface area contributed by atoms with Gasteiger partial charge in [0.25, 0.3) is 0 Å². The third-order valence-corrected chi connectivity index (χ3v) is 4.40. The number of aryl methyl sites for hydroxylation is 1. The first-order valence-corrected chi connectivity index (χ1v) is 8.24. The third-order valence-electron chi connectivity index (χ3n) is 4.40. The molecule has 1 aromatic heterocycles. The number of benzene rings is 2. The summed E-state index contributed by atoms with van der Waals surface area (Å²) in [6.45, 7) is 1.17. The Morgan fingerprint density at radius 3 is 2.84 bits per heavy atom. The highest BCUT2D eigenvalue weighted by Crippen LogP contribution is 2.31. The van der Waals surface area contributed by atoms with E-state index in [1.807, 2.05) is 35.2 Å². The lowest BCUT2D eigenvalue weighted by atomic mass is 10.0. The van der Waals surface area contributed by atoms with Crippen LogP contribution in [-0.2, 0) is 13.0 Å². The van der Waals surface area contributed by atoms with Gasteiger partial charge in [0.1, 0.15) is 11.6 Å². The number of aromatic nitrogens is 2. The van der Waals surface area contributed by atoms with Gasteiger partial charge >= 0.3 is 0 Å². The van der Waals surface area contributed by atoms with Crippen molar-refractivity contribution >= 4 is 5.69 Å². The van der Waals surface area contributed by atoms with Gasteiger partial charge in [-0.1, -0.05) is 17.3 Å². The summed E-state index contributed by atoms with van der Waals surface area (Å²) in [6, 6.07) is 12.7. The maximum Gasteiger partial charge on any atom is 0.246 e. The zero-order chi connectivity index (χ0) is 17.2. The Bertz CT molecular complexity index is 877. The van der Waals surface area contributed by atoms with Crippen molar-refractivity contribution in [2.45, 2.75) is 19.4 Å². The molecule has 4 rings (SSSR count). The summed E-state index contributed by atoms with van der Waals surface area (Å²) in [4.78, 5) is 6.42. The van der Waals surface area contributed by atoms with Crippen LogP contribution < -0.4 is 9.64 Å². The van der Waals surface area contributed by atoms with Gasteiger partial charge in [-0.25, -0.2) is 4.39 Å². The summed E-state index contributed by atoms with van der Waals surface area (Å²) in [5, 5.41) is 4.04. The molecule has 0 amide bonds. The van der Waals surface area contributed by atoms with Crippen LogP contribution in [0.5, 0.6) is 5.75 Å². The Morgan fingerprint density at radius 2 is 2.04 bits per heavy atom. The summed E-state index contributed by atoms with van der Waals surface area (Å²) in [6.07, 6.45) is 1.88. The van der Waals surface area contributed by atoms with E-state index < -0.39 is 0 Å². The number of fused-ring (bicyclic) bond motifs is 1. The van der Waals surface area contributed by atoms with Crippen LogP contribution in [0.4, 0.5) is 10.1 Å². The van der Waals surface area contributed by atoms with Crippen LogP contribution in [-0.4, -0.2) is 23.8 Å². The van der Waals surface area contributed by atoms with Gasteiger partial charge in [-0.2, -0.15) is 4.98 Å². The Morgan fingerprint density at radius 1 is 1.20 bits per heavy atom. The highest BCUT2D eigenvalue weighted by Gasteiger charge is 2.22. The minimum absolute atomic E-state index is 0.202. The smallest absolute Gasteiger partial charge is 0.246 e. The predicted octanol–water partition coefficient (Wildman–Crippen LogP) is 3.84. The molecule has 0 atom stereocenters. The molecule has 1 aliphatic rings. The summed E-state index contributed by atoms with van der Waals surface area (Å²) in [7, 11) is 1.62. The molecule has 2 aromatic carbocycles. The van der Waals surface area contributed by atoms with Gasteiger partial charge in [0.05, 0.1) is 19.3 Å². The third kappa shape index (κ3) is 3.07. The molecule has 0 bridgehead atoms. The molecule has 1 aliphatic heterocycles. The van der Waals surface area contributed by atoms with Crippen LogP contribution in [0.2, 0.25) is 0 Å². The highest BCUT2D eigenvalue weighted by molar-refractivity contribution is 5.57. The summed E-state index contributed by atoms with van der Waals surface area (Å²) < 4.78 is 24.8. The minimum Gasteiger partial charge on any atom is -0.497 e. The number of hydrogen-bond donors (Lipinski definition) is 0. The molecule has 0 fully saturated rings. The average molecular weight is 339 g/mol. The van der Waals surface area contributed by atoms with Crippen LogP contribution in [0.25, 0.3) is 11.4 Å². The fraction of sp³-hybridized carbons (Fsp3) is 0.263. The van der Waals surface area contributed by atoms with Gasteiger partial charge < -0.3 is 14.2 Å². The number of anilines is 1. The Kier molecular flexibility index (Phi) is 4.09. The summed E-state index contributed by atoms with van der Waals surface area (Å²) >= 11 is 0. The molecule has 0 aliphatic carbocycles. The summed E-state index contributed by atoms with van der Waals surface area (Å²) in [5.41, 5.74) is 2.53. The Hall–Kier alpha value is -2.89. The highest BCUT2D eigenvalue weighted by atomic mass is 19.1. The molecular formula is C19H18FN3O2. The zero-order valence-electron chi connectivity index (χ0n) is 13.9. The molecule has 6 heteroatoms. The monoisotopic (exact) mass is 339 g/mol. The van der Waals surface area contributed by atoms with Crippen molar-refractivity contribution in [2.75, 3.05) is 18.6 Å². The van der Waals surface area contributed by atoms with E-state index in [0.29, 0.717) is 23.9 Å². The lowest BCUT2D eigenvalue weighted by Crippen LogP contribution is -2.29. The van der Waals surface area contributed by atoms with Crippen LogP contribution in [0.3, 0.4) is 0 Å². The Labute approximate surface area is 145 Å². The van der Waals surface area contributed by atoms with Gasteiger partial charge in [0.15, 0.2) is 0 Å². The first-order chi connectivity index (χ1) is 12.2. The van der Waals surface area contributed by atoms with E-state index in [4.69, 9.17) is 9.26 Å². The largest absolute Gasteiger partial charge is 0.497 e. The normalized spacial score (nSPS) is 13.6. The maximum absolute atomic E-state index is 14.2. The van der Waals surface area contributed by atoms with Gasteiger partial charge in [-0.15, -0.1) is 0 Å². The molecule has 128 valence electrons. The van der Waals surface area contributed by atoms with E-state index in [-0.39, 0.29) is 5.82 Å². The number of rotatable bonds is 4. The number of halogens is 1. The zero-order valence-corrected chi connectivity index (χ0v) is 13.9. The maximum atomic E-state index is 14.2. The standard InChI is InChI=1S/C19H18FN3O2/c1-24-15-9-7-14(8-10-15)19-21-17(25-22-19)12-23-11-3-5-13-4-2-6-16(20)18(13)23/h2,4,6-10H,3,5,11-12H2,1H3. The van der Waals surface area contributed by atoms with Crippen molar-refractivity contribution in [3.63, 3.8) is 0 Å². The fourth-order valence-corrected chi connectivity index (χ4v) is 3.19. The lowest BCUT2D eigenvalue weighted by molar-refractivity contribution is 0.374. The quantitative estimate of drug-likeness (QED) is 0.723. The number of methoxy groups -OCH3 is 1. The van der Waals surface area contributed by atoms with Crippen LogP contribution >= 0.6 is 0 Å². The minimum atomic E-state index is -0.202. The van der Waals surface area contributed by atoms with Crippen molar-refractivity contribution < 1.29 is 13.7 Å². The number of nitrogens with zero attached hydrogens (tertiary/aromatic N) is 3. The molecule has 25 heavy (non-hydrogen) atoms. The molecule has 0 unspecified atom stereocenters. The molecule has 0 radical (unpaired) electrons. The van der Waals surface area contributed by atoms with Crippen molar-refractivity contribution in [1.82, 2.24) is 10.1 Å². The second-order valence-electron chi connectivity index (χ2n) is 6.01. The van der Waals surface area contributed by atoms with E-state index in [0.717, 1.165) is 36.3 Å².